The number of H-pyrrole nitrogens is 1. The summed E-state index contributed by atoms with van der Waals surface area (Å²) in [4.78, 5) is 20.6. The molecule has 1 atom stereocenters. The Kier molecular flexibility index (Phi) is 6.77. The summed E-state index contributed by atoms with van der Waals surface area (Å²) < 4.78 is 5.23. The number of fused-ring (bicyclic) bond motifs is 1. The summed E-state index contributed by atoms with van der Waals surface area (Å²) in [5.74, 6) is 1.56. The third-order valence-electron chi connectivity index (χ3n) is 4.99. The molecule has 6 nitrogen and oxygen atoms in total. The number of halogens is 1. The fourth-order valence-electron chi connectivity index (χ4n) is 3.47. The maximum atomic E-state index is 12.6. The van der Waals surface area contributed by atoms with Gasteiger partial charge in [0.15, 0.2) is 0 Å². The van der Waals surface area contributed by atoms with Gasteiger partial charge in [-0.1, -0.05) is 36.4 Å². The Balaban J connectivity index is 0.00000240. The molecule has 1 heterocycles. The monoisotopic (exact) mass is 412 g/mol. The maximum Gasteiger partial charge on any atom is 0.315 e. The summed E-state index contributed by atoms with van der Waals surface area (Å²) in [5.41, 5.74) is 2.94. The SMILES string of the molecule is COc1ccc(C[C@@H](NC(=O)NC2CC=CC2)c2nc3ccccc3[nH]2)cc1.Cl. The first-order valence-corrected chi connectivity index (χ1v) is 9.51. The van der Waals surface area contributed by atoms with Gasteiger partial charge < -0.3 is 20.4 Å². The lowest BCUT2D eigenvalue weighted by molar-refractivity contribution is 0.233. The van der Waals surface area contributed by atoms with Crippen molar-refractivity contribution in [2.45, 2.75) is 31.3 Å². The molecule has 2 aromatic carbocycles. The van der Waals surface area contributed by atoms with E-state index in [1.165, 1.54) is 0 Å². The molecule has 1 aliphatic rings. The zero-order valence-electron chi connectivity index (χ0n) is 16.2. The summed E-state index contributed by atoms with van der Waals surface area (Å²) in [6.45, 7) is 0. The molecule has 0 spiro atoms. The van der Waals surface area contributed by atoms with Gasteiger partial charge in [0.2, 0.25) is 0 Å². The van der Waals surface area contributed by atoms with Crippen LogP contribution in [0.3, 0.4) is 0 Å². The Labute approximate surface area is 176 Å². The van der Waals surface area contributed by atoms with Crippen LogP contribution in [0.1, 0.15) is 30.3 Å². The number of hydrogen-bond donors (Lipinski definition) is 3. The van der Waals surface area contributed by atoms with E-state index in [2.05, 4.69) is 27.8 Å². The maximum absolute atomic E-state index is 12.6. The minimum atomic E-state index is -0.268. The molecule has 1 aliphatic carbocycles. The van der Waals surface area contributed by atoms with E-state index in [1.807, 2.05) is 48.5 Å². The van der Waals surface area contributed by atoms with Crippen LogP contribution in [0.25, 0.3) is 11.0 Å². The predicted octanol–water partition coefficient (Wildman–Crippen LogP) is 4.29. The van der Waals surface area contributed by atoms with Gasteiger partial charge in [-0.05, 0) is 49.1 Å². The number of rotatable bonds is 6. The molecule has 0 bridgehead atoms. The summed E-state index contributed by atoms with van der Waals surface area (Å²) in [5, 5.41) is 6.14. The molecule has 29 heavy (non-hydrogen) atoms. The second kappa shape index (κ2) is 9.47. The van der Waals surface area contributed by atoms with Gasteiger partial charge in [-0.3, -0.25) is 0 Å². The van der Waals surface area contributed by atoms with Gasteiger partial charge in [0.1, 0.15) is 11.6 Å². The van der Waals surface area contributed by atoms with Gasteiger partial charge in [0.05, 0.1) is 24.2 Å². The van der Waals surface area contributed by atoms with Crippen molar-refractivity contribution in [2.24, 2.45) is 0 Å². The predicted molar refractivity (Wildman–Crippen MR) is 117 cm³/mol. The minimum Gasteiger partial charge on any atom is -0.497 e. The number of aromatic amines is 1. The number of para-hydroxylation sites is 2. The van der Waals surface area contributed by atoms with Crippen LogP contribution >= 0.6 is 12.4 Å². The van der Waals surface area contributed by atoms with E-state index in [1.54, 1.807) is 7.11 Å². The number of ether oxygens (including phenoxy) is 1. The first kappa shape index (κ1) is 20.7. The highest BCUT2D eigenvalue weighted by Gasteiger charge is 2.21. The van der Waals surface area contributed by atoms with Crippen molar-refractivity contribution in [2.75, 3.05) is 7.11 Å². The molecule has 0 aliphatic heterocycles. The van der Waals surface area contributed by atoms with Gasteiger partial charge in [0.25, 0.3) is 0 Å². The largest absolute Gasteiger partial charge is 0.497 e. The Morgan fingerprint density at radius 3 is 2.59 bits per heavy atom. The molecule has 0 saturated heterocycles. The van der Waals surface area contributed by atoms with Crippen molar-refractivity contribution >= 4 is 29.5 Å². The normalized spacial score (nSPS) is 14.4. The zero-order chi connectivity index (χ0) is 19.3. The number of benzene rings is 2. The number of amides is 2. The molecule has 0 fully saturated rings. The van der Waals surface area contributed by atoms with E-state index in [0.717, 1.165) is 41.0 Å². The number of imidazole rings is 1. The van der Waals surface area contributed by atoms with Crippen LogP contribution in [0.5, 0.6) is 5.75 Å². The Hall–Kier alpha value is -2.99. The van der Waals surface area contributed by atoms with Gasteiger partial charge in [-0.15, -0.1) is 12.4 Å². The molecule has 0 radical (unpaired) electrons. The fraction of sp³-hybridized carbons (Fsp3) is 0.273. The number of carbonyl (C=O) groups is 1. The highest BCUT2D eigenvalue weighted by Crippen LogP contribution is 2.21. The molecule has 4 rings (SSSR count). The lowest BCUT2D eigenvalue weighted by Gasteiger charge is -2.20. The molecule has 3 N–H and O–H groups in total. The van der Waals surface area contributed by atoms with Crippen LogP contribution in [0, 0.1) is 0 Å². The van der Waals surface area contributed by atoms with Crippen LogP contribution in [0.15, 0.2) is 60.7 Å². The van der Waals surface area contributed by atoms with E-state index < -0.39 is 0 Å². The summed E-state index contributed by atoms with van der Waals surface area (Å²) in [6, 6.07) is 15.5. The average Bonchev–Trinajstić information content (AvgIpc) is 3.37. The van der Waals surface area contributed by atoms with E-state index >= 15 is 0 Å². The van der Waals surface area contributed by atoms with Crippen LogP contribution < -0.4 is 15.4 Å². The first-order chi connectivity index (χ1) is 13.7. The van der Waals surface area contributed by atoms with Crippen molar-refractivity contribution in [3.8, 4) is 5.75 Å². The quantitative estimate of drug-likeness (QED) is 0.528. The van der Waals surface area contributed by atoms with Gasteiger partial charge in [-0.2, -0.15) is 0 Å². The van der Waals surface area contributed by atoms with E-state index in [-0.39, 0.29) is 30.5 Å². The minimum absolute atomic E-state index is 0. The Bertz CT molecular complexity index is 943. The second-order valence-electron chi connectivity index (χ2n) is 7.00. The number of nitrogens with zero attached hydrogens (tertiary/aromatic N) is 1. The van der Waals surface area contributed by atoms with Gasteiger partial charge in [0, 0.05) is 6.04 Å². The second-order valence-corrected chi connectivity index (χ2v) is 7.00. The van der Waals surface area contributed by atoms with Crippen LogP contribution in [-0.4, -0.2) is 29.2 Å². The van der Waals surface area contributed by atoms with Crippen molar-refractivity contribution in [3.05, 3.63) is 72.1 Å². The molecule has 1 aromatic heterocycles. The van der Waals surface area contributed by atoms with Crippen molar-refractivity contribution in [1.82, 2.24) is 20.6 Å². The topological polar surface area (TPSA) is 79.0 Å². The third-order valence-corrected chi connectivity index (χ3v) is 4.99. The Morgan fingerprint density at radius 2 is 1.90 bits per heavy atom. The van der Waals surface area contributed by atoms with Gasteiger partial charge in [-0.25, -0.2) is 9.78 Å². The summed E-state index contributed by atoms with van der Waals surface area (Å²) in [6.07, 6.45) is 6.57. The number of nitrogens with one attached hydrogen (secondary N) is 3. The van der Waals surface area contributed by atoms with Crippen LogP contribution in [-0.2, 0) is 6.42 Å². The number of aromatic nitrogens is 2. The molecule has 3 aromatic rings. The summed E-state index contributed by atoms with van der Waals surface area (Å²) >= 11 is 0. The number of hydrogen-bond acceptors (Lipinski definition) is 3. The zero-order valence-corrected chi connectivity index (χ0v) is 17.0. The number of carbonyl (C=O) groups excluding carboxylic acids is 1. The van der Waals surface area contributed by atoms with E-state index in [9.17, 15) is 4.79 Å². The van der Waals surface area contributed by atoms with E-state index in [0.29, 0.717) is 6.42 Å². The number of methoxy groups -OCH3 is 1. The van der Waals surface area contributed by atoms with Gasteiger partial charge >= 0.3 is 6.03 Å². The smallest absolute Gasteiger partial charge is 0.315 e. The fourth-order valence-corrected chi connectivity index (χ4v) is 3.47. The molecule has 0 saturated carbocycles. The molecule has 7 heteroatoms. The average molecular weight is 413 g/mol. The standard InChI is InChI=1S/C22H24N4O2.ClH/c1-28-17-12-10-15(11-13-17)14-20(26-22(27)23-16-6-2-3-7-16)21-24-18-8-4-5-9-19(18)25-21;/h2-5,8-13,16,20H,6-7,14H2,1H3,(H,24,25)(H2,23,26,27);1H/t20-;/m1./s1. The molecular formula is C22H25ClN4O2. The summed E-state index contributed by atoms with van der Waals surface area (Å²) in [7, 11) is 1.65. The molecule has 0 unspecified atom stereocenters. The highest BCUT2D eigenvalue weighted by molar-refractivity contribution is 5.85. The molecular weight excluding hydrogens is 388 g/mol. The van der Waals surface area contributed by atoms with E-state index in [4.69, 9.17) is 9.72 Å². The lowest BCUT2D eigenvalue weighted by atomic mass is 10.1. The van der Waals surface area contributed by atoms with Crippen molar-refractivity contribution in [3.63, 3.8) is 0 Å². The van der Waals surface area contributed by atoms with Crippen LogP contribution in [0.2, 0.25) is 0 Å². The number of urea groups is 1. The first-order valence-electron chi connectivity index (χ1n) is 9.51. The molecule has 2 amide bonds. The third kappa shape index (κ3) is 5.09. The Morgan fingerprint density at radius 1 is 1.17 bits per heavy atom. The lowest BCUT2D eigenvalue weighted by Crippen LogP contribution is -2.43. The van der Waals surface area contributed by atoms with Crippen LogP contribution in [0.4, 0.5) is 4.79 Å². The highest BCUT2D eigenvalue weighted by atomic mass is 35.5. The van der Waals surface area contributed by atoms with Crippen molar-refractivity contribution in [1.29, 1.82) is 0 Å². The van der Waals surface area contributed by atoms with Crippen molar-refractivity contribution < 1.29 is 9.53 Å². The molecule has 152 valence electrons.